The van der Waals surface area contributed by atoms with Gasteiger partial charge in [-0.05, 0) is 32.2 Å². The number of aromatic nitrogens is 1. The standard InChI is InChI=1S/C16H29N3S/c1-4-11-17-12-15-14(5-2)18-16(20-15)19(3)13-9-7-6-8-10-13/h13,17H,4-12H2,1-3H3. The maximum absolute atomic E-state index is 4.89. The van der Waals surface area contributed by atoms with E-state index < -0.39 is 0 Å². The van der Waals surface area contributed by atoms with Crippen molar-refractivity contribution >= 4 is 16.5 Å². The number of aryl methyl sites for hydroxylation is 1. The average Bonchev–Trinajstić information content (AvgIpc) is 2.91. The molecule has 0 saturated heterocycles. The van der Waals surface area contributed by atoms with Gasteiger partial charge in [-0.25, -0.2) is 4.98 Å². The zero-order valence-electron chi connectivity index (χ0n) is 13.2. The Balaban J connectivity index is 2.03. The maximum Gasteiger partial charge on any atom is 0.185 e. The highest BCUT2D eigenvalue weighted by Gasteiger charge is 2.21. The second kappa shape index (κ2) is 7.99. The molecule has 114 valence electrons. The monoisotopic (exact) mass is 295 g/mol. The Morgan fingerprint density at radius 2 is 2.00 bits per heavy atom. The smallest absolute Gasteiger partial charge is 0.185 e. The number of thiazole rings is 1. The molecule has 1 fully saturated rings. The van der Waals surface area contributed by atoms with E-state index in [2.05, 4.69) is 31.1 Å². The fourth-order valence-electron chi connectivity index (χ4n) is 2.94. The number of nitrogens with zero attached hydrogens (tertiary/aromatic N) is 2. The summed E-state index contributed by atoms with van der Waals surface area (Å²) in [5.41, 5.74) is 1.29. The molecule has 2 rings (SSSR count). The van der Waals surface area contributed by atoms with Gasteiger partial charge >= 0.3 is 0 Å². The topological polar surface area (TPSA) is 28.2 Å². The number of hydrogen-bond acceptors (Lipinski definition) is 4. The molecule has 1 heterocycles. The lowest BCUT2D eigenvalue weighted by molar-refractivity contribution is 0.427. The van der Waals surface area contributed by atoms with Gasteiger partial charge in [0.25, 0.3) is 0 Å². The van der Waals surface area contributed by atoms with E-state index >= 15 is 0 Å². The van der Waals surface area contributed by atoms with Gasteiger partial charge in [0, 0.05) is 24.5 Å². The van der Waals surface area contributed by atoms with Crippen LogP contribution in [0, 0.1) is 0 Å². The molecular formula is C16H29N3S. The summed E-state index contributed by atoms with van der Waals surface area (Å²) >= 11 is 1.89. The first kappa shape index (κ1) is 15.8. The Labute approximate surface area is 127 Å². The van der Waals surface area contributed by atoms with Gasteiger partial charge in [0.05, 0.1) is 5.69 Å². The third-order valence-corrected chi connectivity index (χ3v) is 5.43. The molecular weight excluding hydrogens is 266 g/mol. The first-order valence-corrected chi connectivity index (χ1v) is 9.00. The summed E-state index contributed by atoms with van der Waals surface area (Å²) in [5.74, 6) is 0. The molecule has 1 aromatic rings. The largest absolute Gasteiger partial charge is 0.348 e. The van der Waals surface area contributed by atoms with Gasteiger partial charge in [-0.3, -0.25) is 0 Å². The fourth-order valence-corrected chi connectivity index (χ4v) is 4.09. The average molecular weight is 295 g/mol. The molecule has 3 nitrogen and oxygen atoms in total. The summed E-state index contributed by atoms with van der Waals surface area (Å²) < 4.78 is 0. The normalized spacial score (nSPS) is 16.6. The minimum Gasteiger partial charge on any atom is -0.348 e. The summed E-state index contributed by atoms with van der Waals surface area (Å²) in [6.45, 7) is 6.49. The van der Waals surface area contributed by atoms with Crippen LogP contribution in [0.5, 0.6) is 0 Å². The van der Waals surface area contributed by atoms with Gasteiger partial charge in [0.1, 0.15) is 0 Å². The van der Waals surface area contributed by atoms with Crippen molar-refractivity contribution in [2.24, 2.45) is 0 Å². The van der Waals surface area contributed by atoms with Gasteiger partial charge in [-0.2, -0.15) is 0 Å². The predicted molar refractivity (Wildman–Crippen MR) is 88.8 cm³/mol. The van der Waals surface area contributed by atoms with Crippen molar-refractivity contribution in [3.8, 4) is 0 Å². The highest BCUT2D eigenvalue weighted by Crippen LogP contribution is 2.31. The van der Waals surface area contributed by atoms with Crippen molar-refractivity contribution in [1.29, 1.82) is 0 Å². The number of anilines is 1. The number of rotatable bonds is 7. The molecule has 0 bridgehead atoms. The van der Waals surface area contributed by atoms with Crippen LogP contribution in [-0.2, 0) is 13.0 Å². The SMILES string of the molecule is CCCNCc1sc(N(C)C2CCCCC2)nc1CC. The van der Waals surface area contributed by atoms with E-state index in [1.807, 2.05) is 11.3 Å². The van der Waals surface area contributed by atoms with Gasteiger partial charge in [0.15, 0.2) is 5.13 Å². The Morgan fingerprint density at radius 3 is 2.65 bits per heavy atom. The van der Waals surface area contributed by atoms with Gasteiger partial charge in [-0.1, -0.05) is 33.1 Å². The summed E-state index contributed by atoms with van der Waals surface area (Å²) in [5, 5.41) is 4.73. The van der Waals surface area contributed by atoms with Crippen LogP contribution in [0.25, 0.3) is 0 Å². The van der Waals surface area contributed by atoms with Crippen LogP contribution in [-0.4, -0.2) is 24.6 Å². The zero-order chi connectivity index (χ0) is 14.4. The number of nitrogens with one attached hydrogen (secondary N) is 1. The van der Waals surface area contributed by atoms with Gasteiger partial charge in [0.2, 0.25) is 0 Å². The molecule has 1 aliphatic rings. The first-order valence-electron chi connectivity index (χ1n) is 8.18. The van der Waals surface area contributed by atoms with Crippen molar-refractivity contribution < 1.29 is 0 Å². The van der Waals surface area contributed by atoms with E-state index in [9.17, 15) is 0 Å². The lowest BCUT2D eigenvalue weighted by Gasteiger charge is -2.30. The second-order valence-corrected chi connectivity index (χ2v) is 6.86. The molecule has 0 amide bonds. The second-order valence-electron chi connectivity index (χ2n) is 5.80. The summed E-state index contributed by atoms with van der Waals surface area (Å²) in [6.07, 6.45) is 9.07. The molecule has 1 aromatic heterocycles. The van der Waals surface area contributed by atoms with E-state index in [0.29, 0.717) is 6.04 Å². The van der Waals surface area contributed by atoms with Crippen LogP contribution < -0.4 is 10.2 Å². The molecule has 0 unspecified atom stereocenters. The molecule has 1 saturated carbocycles. The minimum absolute atomic E-state index is 0.705. The van der Waals surface area contributed by atoms with E-state index in [1.165, 1.54) is 54.2 Å². The maximum atomic E-state index is 4.89. The van der Waals surface area contributed by atoms with Crippen molar-refractivity contribution in [3.63, 3.8) is 0 Å². The third-order valence-electron chi connectivity index (χ3n) is 4.24. The zero-order valence-corrected chi connectivity index (χ0v) is 14.1. The Hall–Kier alpha value is -0.610. The summed E-state index contributed by atoms with van der Waals surface area (Å²) in [7, 11) is 2.23. The van der Waals surface area contributed by atoms with E-state index in [1.54, 1.807) is 0 Å². The Bertz CT molecular complexity index is 396. The van der Waals surface area contributed by atoms with Gasteiger partial charge < -0.3 is 10.2 Å². The summed E-state index contributed by atoms with van der Waals surface area (Å²) in [6, 6.07) is 0.705. The third kappa shape index (κ3) is 3.95. The first-order chi connectivity index (χ1) is 9.76. The van der Waals surface area contributed by atoms with Crippen LogP contribution in [0.4, 0.5) is 5.13 Å². The molecule has 0 spiro atoms. The quantitative estimate of drug-likeness (QED) is 0.771. The molecule has 0 radical (unpaired) electrons. The van der Waals surface area contributed by atoms with Crippen LogP contribution >= 0.6 is 11.3 Å². The molecule has 1 aliphatic carbocycles. The fraction of sp³-hybridized carbons (Fsp3) is 0.812. The highest BCUT2D eigenvalue weighted by molar-refractivity contribution is 7.15. The van der Waals surface area contributed by atoms with Crippen LogP contribution in [0.15, 0.2) is 0 Å². The van der Waals surface area contributed by atoms with E-state index in [0.717, 1.165) is 19.5 Å². The molecule has 20 heavy (non-hydrogen) atoms. The van der Waals surface area contributed by atoms with Crippen molar-refractivity contribution in [2.75, 3.05) is 18.5 Å². The summed E-state index contributed by atoms with van der Waals surface area (Å²) in [4.78, 5) is 8.75. The molecule has 0 atom stereocenters. The molecule has 0 aromatic carbocycles. The lowest BCUT2D eigenvalue weighted by Crippen LogP contribution is -2.33. The molecule has 4 heteroatoms. The van der Waals surface area contributed by atoms with Crippen molar-refractivity contribution in [1.82, 2.24) is 10.3 Å². The van der Waals surface area contributed by atoms with Crippen LogP contribution in [0.1, 0.15) is 62.9 Å². The van der Waals surface area contributed by atoms with Gasteiger partial charge in [-0.15, -0.1) is 11.3 Å². The van der Waals surface area contributed by atoms with Crippen LogP contribution in [0.2, 0.25) is 0 Å². The lowest BCUT2D eigenvalue weighted by atomic mass is 9.95. The van der Waals surface area contributed by atoms with Crippen LogP contribution in [0.3, 0.4) is 0 Å². The predicted octanol–water partition coefficient (Wildman–Crippen LogP) is 3.97. The minimum atomic E-state index is 0.705. The number of hydrogen-bond donors (Lipinski definition) is 1. The molecule has 1 N–H and O–H groups in total. The van der Waals surface area contributed by atoms with Crippen molar-refractivity contribution in [2.45, 2.75) is 71.4 Å². The highest BCUT2D eigenvalue weighted by atomic mass is 32.1. The van der Waals surface area contributed by atoms with Crippen molar-refractivity contribution in [3.05, 3.63) is 10.6 Å². The Kier molecular flexibility index (Phi) is 6.30. The molecule has 0 aliphatic heterocycles. The van der Waals surface area contributed by atoms with E-state index in [-0.39, 0.29) is 0 Å². The van der Waals surface area contributed by atoms with E-state index in [4.69, 9.17) is 4.98 Å². The Morgan fingerprint density at radius 1 is 1.25 bits per heavy atom.